The lowest BCUT2D eigenvalue weighted by Gasteiger charge is -2.37. The fourth-order valence-corrected chi connectivity index (χ4v) is 10.2. The lowest BCUT2D eigenvalue weighted by atomic mass is 9.94. The molecule has 1 atom stereocenters. The highest BCUT2D eigenvalue weighted by atomic mass is 16.5. The molecule has 1 unspecified atom stereocenters. The first-order valence-corrected chi connectivity index (χ1v) is 24.4. The molecule has 4 aromatic rings. The van der Waals surface area contributed by atoms with E-state index in [-0.39, 0.29) is 42.0 Å². The third kappa shape index (κ3) is 10.9. The molecule has 3 saturated heterocycles. The van der Waals surface area contributed by atoms with Gasteiger partial charge in [-0.15, -0.1) is 0 Å². The molecule has 15 heteroatoms. The number of unbranched alkanes of at least 4 members (excludes halogenated alkanes) is 3. The van der Waals surface area contributed by atoms with E-state index in [2.05, 4.69) is 67.6 Å². The number of nitrogens with one attached hydrogen (secondary N) is 3. The van der Waals surface area contributed by atoms with Crippen LogP contribution in [-0.4, -0.2) is 120 Å². The van der Waals surface area contributed by atoms with Gasteiger partial charge in [0, 0.05) is 94.0 Å². The van der Waals surface area contributed by atoms with Crippen molar-refractivity contribution >= 4 is 35.2 Å². The van der Waals surface area contributed by atoms with Crippen LogP contribution in [0, 0.1) is 20.8 Å². The van der Waals surface area contributed by atoms with Crippen LogP contribution in [-0.2, 0) is 27.4 Å². The van der Waals surface area contributed by atoms with Crippen LogP contribution in [0.1, 0.15) is 117 Å². The van der Waals surface area contributed by atoms with Gasteiger partial charge in [0.05, 0.1) is 17.7 Å². The Morgan fingerprint density at radius 3 is 2.29 bits per heavy atom. The number of rotatable bonds is 18. The zero-order chi connectivity index (χ0) is 47.9. The number of hydrogen-bond acceptors (Lipinski definition) is 11. The van der Waals surface area contributed by atoms with Crippen LogP contribution in [0.5, 0.6) is 5.75 Å². The molecule has 4 aliphatic heterocycles. The van der Waals surface area contributed by atoms with Gasteiger partial charge < -0.3 is 29.6 Å². The third-order valence-corrected chi connectivity index (χ3v) is 14.0. The summed E-state index contributed by atoms with van der Waals surface area (Å²) < 4.78 is 11.7. The largest absolute Gasteiger partial charge is 0.493 e. The van der Waals surface area contributed by atoms with E-state index in [9.17, 15) is 28.8 Å². The van der Waals surface area contributed by atoms with Crippen molar-refractivity contribution in [1.29, 1.82) is 0 Å². The molecule has 1 aromatic heterocycles. The average Bonchev–Trinajstić information content (AvgIpc) is 3.58. The Balaban J connectivity index is 0.806. The molecule has 0 spiro atoms. The van der Waals surface area contributed by atoms with Gasteiger partial charge in [0.25, 0.3) is 23.3 Å². The minimum Gasteiger partial charge on any atom is -0.493 e. The number of piperidine rings is 1. The van der Waals surface area contributed by atoms with E-state index in [0.717, 1.165) is 136 Å². The molecule has 0 saturated carbocycles. The average molecular weight is 928 g/mol. The summed E-state index contributed by atoms with van der Waals surface area (Å²) in [5.74, 6) is -2.00. The summed E-state index contributed by atoms with van der Waals surface area (Å²) in [7, 11) is 0. The fraction of sp³-hybridized carbons (Fsp3) is 0.472. The minimum absolute atomic E-state index is 0.0721. The van der Waals surface area contributed by atoms with Gasteiger partial charge in [-0.25, -0.2) is 0 Å². The van der Waals surface area contributed by atoms with Gasteiger partial charge in [0.1, 0.15) is 11.8 Å². The summed E-state index contributed by atoms with van der Waals surface area (Å²) in [5, 5.41) is 5.29. The van der Waals surface area contributed by atoms with Gasteiger partial charge in [-0.2, -0.15) is 0 Å². The van der Waals surface area contributed by atoms with Crippen LogP contribution in [0.2, 0.25) is 0 Å². The Morgan fingerprint density at radius 2 is 1.57 bits per heavy atom. The molecule has 3 N–H and O–H groups in total. The number of imide groups is 2. The number of aromatic amines is 1. The highest BCUT2D eigenvalue weighted by Gasteiger charge is 2.46. The fourth-order valence-electron chi connectivity index (χ4n) is 10.2. The predicted octanol–water partition coefficient (Wildman–Crippen LogP) is 6.06. The van der Waals surface area contributed by atoms with Crippen LogP contribution in [0.15, 0.2) is 65.5 Å². The number of nitrogens with zero attached hydrogens (tertiary/aromatic N) is 4. The second-order valence-corrected chi connectivity index (χ2v) is 18.6. The maximum Gasteiger partial charge on any atom is 0.266 e. The molecule has 5 heterocycles. The normalized spacial score (nSPS) is 18.2. The number of anilines is 1. The van der Waals surface area contributed by atoms with Gasteiger partial charge in [0.15, 0.2) is 0 Å². The summed E-state index contributed by atoms with van der Waals surface area (Å²) in [4.78, 5) is 88.6. The molecular weight excluding hydrogens is 863 g/mol. The number of piperazine rings is 1. The lowest BCUT2D eigenvalue weighted by Crippen LogP contribution is -2.54. The highest BCUT2D eigenvalue weighted by molar-refractivity contribution is 6.24. The first kappa shape index (κ1) is 48.3. The molecule has 0 bridgehead atoms. The number of ether oxygens (including phenoxy) is 2. The number of carbonyl (C=O) groups excluding carboxylic acids is 5. The van der Waals surface area contributed by atoms with E-state index in [1.54, 1.807) is 18.2 Å². The SMILES string of the molecule is CCN(c1cc(-c2ccc(CN3CCN(CCCCCCOc4cccc5c4C(=O)N(C4CCC(=O)NC4=O)C5=O)CC3)cc2)cc(C(=O)NCc2c(C)cc(C)[nH]c2=O)c1C)C1CCOCC1. The molecule has 3 aromatic carbocycles. The zero-order valence-electron chi connectivity index (χ0n) is 39.9. The van der Waals surface area contributed by atoms with E-state index < -0.39 is 29.7 Å². The molecular formula is C53H65N7O8. The van der Waals surface area contributed by atoms with Crippen molar-refractivity contribution in [2.24, 2.45) is 0 Å². The van der Waals surface area contributed by atoms with Gasteiger partial charge in [-0.1, -0.05) is 43.2 Å². The number of benzene rings is 3. The van der Waals surface area contributed by atoms with E-state index in [1.807, 2.05) is 32.9 Å². The van der Waals surface area contributed by atoms with E-state index >= 15 is 0 Å². The van der Waals surface area contributed by atoms with Crippen LogP contribution in [0.3, 0.4) is 0 Å². The smallest absolute Gasteiger partial charge is 0.266 e. The summed E-state index contributed by atoms with van der Waals surface area (Å²) in [6, 6.07) is 19.1. The molecule has 8 rings (SSSR count). The van der Waals surface area contributed by atoms with Crippen molar-refractivity contribution in [2.45, 2.75) is 104 Å². The first-order chi connectivity index (χ1) is 32.9. The van der Waals surface area contributed by atoms with Crippen molar-refractivity contribution in [3.8, 4) is 16.9 Å². The first-order valence-electron chi connectivity index (χ1n) is 24.4. The van der Waals surface area contributed by atoms with Crippen molar-refractivity contribution < 1.29 is 33.4 Å². The molecule has 360 valence electrons. The second kappa shape index (κ2) is 21.9. The van der Waals surface area contributed by atoms with Gasteiger partial charge in [-0.05, 0) is 124 Å². The molecule has 4 aliphatic rings. The third-order valence-electron chi connectivity index (χ3n) is 14.0. The monoisotopic (exact) mass is 927 g/mol. The maximum absolute atomic E-state index is 14.0. The number of aryl methyl sites for hydroxylation is 2. The van der Waals surface area contributed by atoms with Crippen LogP contribution >= 0.6 is 0 Å². The summed E-state index contributed by atoms with van der Waals surface area (Å²) >= 11 is 0. The van der Waals surface area contributed by atoms with Gasteiger partial charge >= 0.3 is 0 Å². The number of fused-ring (bicyclic) bond motifs is 1. The Hall–Kier alpha value is -6.16. The Labute approximate surface area is 398 Å². The van der Waals surface area contributed by atoms with Gasteiger partial charge in [0.2, 0.25) is 11.8 Å². The Kier molecular flexibility index (Phi) is 15.5. The van der Waals surface area contributed by atoms with Crippen LogP contribution in [0.25, 0.3) is 11.1 Å². The standard InChI is InChI=1S/C53H65N7O8/c1-5-59(40-19-27-67-28-20-40)45-31-39(30-42(36(45)4)49(62)54-32-43-34(2)29-35(3)55-50(43)63)38-15-13-37(14-16-38)33-58-24-22-57(23-25-58)21-8-6-7-9-26-68-46-12-10-11-41-48(46)53(66)60(52(41)65)44-17-18-47(61)56-51(44)64/h10-16,29-31,40,44H,5-9,17-28,32-33H2,1-4H3,(H,54,62)(H,55,63)(H,56,61,64). The lowest BCUT2D eigenvalue weighted by molar-refractivity contribution is -0.136. The molecule has 68 heavy (non-hydrogen) atoms. The second-order valence-electron chi connectivity index (χ2n) is 18.6. The molecule has 0 radical (unpaired) electrons. The molecule has 3 fully saturated rings. The number of pyridine rings is 1. The van der Waals surface area contributed by atoms with Crippen molar-refractivity contribution in [3.05, 3.63) is 116 Å². The number of H-pyrrole nitrogens is 1. The van der Waals surface area contributed by atoms with Crippen molar-refractivity contribution in [1.82, 2.24) is 30.3 Å². The molecule has 5 amide bonds. The number of amides is 5. The highest BCUT2D eigenvalue weighted by Crippen LogP contribution is 2.36. The Morgan fingerprint density at radius 1 is 0.838 bits per heavy atom. The summed E-state index contributed by atoms with van der Waals surface area (Å²) in [6.45, 7) is 16.7. The zero-order valence-corrected chi connectivity index (χ0v) is 39.9. The molecule has 0 aliphatic carbocycles. The topological polar surface area (TPSA) is 174 Å². The quantitative estimate of drug-likeness (QED) is 0.0783. The minimum atomic E-state index is -1.01. The van der Waals surface area contributed by atoms with Crippen LogP contribution < -0.4 is 25.8 Å². The number of aromatic nitrogens is 1. The van der Waals surface area contributed by atoms with Gasteiger partial charge in [-0.3, -0.25) is 43.9 Å². The number of hydrogen-bond donors (Lipinski definition) is 3. The van der Waals surface area contributed by atoms with E-state index in [4.69, 9.17) is 9.47 Å². The van der Waals surface area contributed by atoms with Crippen LogP contribution in [0.4, 0.5) is 5.69 Å². The maximum atomic E-state index is 14.0. The van der Waals surface area contributed by atoms with Crippen molar-refractivity contribution in [3.63, 3.8) is 0 Å². The van der Waals surface area contributed by atoms with E-state index in [1.165, 1.54) is 5.56 Å². The summed E-state index contributed by atoms with van der Waals surface area (Å²) in [6.07, 6.45) is 5.96. The predicted molar refractivity (Wildman–Crippen MR) is 260 cm³/mol. The Bertz CT molecular complexity index is 2580. The number of carbonyl (C=O) groups is 5. The van der Waals surface area contributed by atoms with E-state index in [0.29, 0.717) is 29.5 Å². The summed E-state index contributed by atoms with van der Waals surface area (Å²) in [5.41, 5.74) is 8.26. The molecule has 15 nitrogen and oxygen atoms in total. The van der Waals surface area contributed by atoms with Crippen molar-refractivity contribution in [2.75, 3.05) is 64.0 Å².